The Kier molecular flexibility index (Phi) is 9.08. The number of non-ortho nitro benzene ring substituents is 1. The maximum Gasteiger partial charge on any atom is 0.287 e. The minimum Gasteiger partial charge on any atom is -0.459 e. The molecule has 3 heterocycles. The van der Waals surface area contributed by atoms with Gasteiger partial charge in [0.1, 0.15) is 0 Å². The van der Waals surface area contributed by atoms with Gasteiger partial charge in [0.15, 0.2) is 16.7 Å². The molecule has 232 valence electrons. The molecule has 0 radical (unpaired) electrons. The van der Waals surface area contributed by atoms with Crippen LogP contribution in [-0.4, -0.2) is 48.0 Å². The summed E-state index contributed by atoms with van der Waals surface area (Å²) in [5.74, 6) is -0.184. The maximum atomic E-state index is 13.8. The van der Waals surface area contributed by atoms with Crippen molar-refractivity contribution in [1.82, 2.24) is 25.1 Å². The third kappa shape index (κ3) is 6.77. The predicted molar refractivity (Wildman–Crippen MR) is 175 cm³/mol. The highest BCUT2D eigenvalue weighted by molar-refractivity contribution is 9.10. The molecular weight excluding hydrogens is 674 g/mol. The minimum atomic E-state index is -0.488. The van der Waals surface area contributed by atoms with Gasteiger partial charge in [-0.15, -0.1) is 10.2 Å². The summed E-state index contributed by atoms with van der Waals surface area (Å²) in [5.41, 5.74) is 4.28. The van der Waals surface area contributed by atoms with Crippen molar-refractivity contribution in [2.45, 2.75) is 31.1 Å². The zero-order chi connectivity index (χ0) is 32.2. The van der Waals surface area contributed by atoms with E-state index in [0.717, 1.165) is 38.6 Å². The number of amides is 2. The molecule has 0 saturated heterocycles. The van der Waals surface area contributed by atoms with Crippen LogP contribution in [0.15, 0.2) is 110 Å². The lowest BCUT2D eigenvalue weighted by Gasteiger charge is -2.22. The van der Waals surface area contributed by atoms with E-state index in [4.69, 9.17) is 9.52 Å². The maximum absolute atomic E-state index is 13.8. The van der Waals surface area contributed by atoms with Crippen molar-refractivity contribution in [3.63, 3.8) is 0 Å². The number of benzene rings is 3. The van der Waals surface area contributed by atoms with Crippen LogP contribution in [0.4, 0.5) is 5.69 Å². The summed E-state index contributed by atoms with van der Waals surface area (Å²) >= 11 is 4.63. The lowest BCUT2D eigenvalue weighted by molar-refractivity contribution is -0.384. The Morgan fingerprint density at radius 1 is 1.04 bits per heavy atom. The summed E-state index contributed by atoms with van der Waals surface area (Å²) in [4.78, 5) is 37.1. The highest BCUT2D eigenvalue weighted by Gasteiger charge is 2.33. The molecule has 12 nitrogen and oxygen atoms in total. The summed E-state index contributed by atoms with van der Waals surface area (Å²) in [6, 6.07) is 24.6. The van der Waals surface area contributed by atoms with Gasteiger partial charge in [-0.1, -0.05) is 69.7 Å². The van der Waals surface area contributed by atoms with Crippen LogP contribution in [-0.2, 0) is 11.3 Å². The molecule has 0 aliphatic carbocycles. The van der Waals surface area contributed by atoms with Gasteiger partial charge >= 0.3 is 0 Å². The topological polar surface area (TPSA) is 149 Å². The van der Waals surface area contributed by atoms with E-state index < -0.39 is 10.8 Å². The number of nitrogens with one attached hydrogen (secondary N) is 1. The van der Waals surface area contributed by atoms with E-state index in [-0.39, 0.29) is 35.7 Å². The zero-order valence-electron chi connectivity index (χ0n) is 24.4. The largest absolute Gasteiger partial charge is 0.459 e. The fraction of sp³-hybridized carbons (Fsp3) is 0.156. The third-order valence-corrected chi connectivity index (χ3v) is 8.74. The SMILES string of the molecule is Cc1ccc(C2CC(c3ccc(Br)cc3)=NN2C(=O)CSc2nnc(CNC(=O)c3ccco3)n2-c2ccc([N+](=O)[O-])cc2)cc1. The second-order valence-electron chi connectivity index (χ2n) is 10.4. The molecule has 1 atom stereocenters. The molecule has 1 aliphatic rings. The van der Waals surface area contributed by atoms with Gasteiger partial charge in [0.25, 0.3) is 17.5 Å². The molecule has 1 unspecified atom stereocenters. The molecule has 3 aromatic carbocycles. The van der Waals surface area contributed by atoms with E-state index in [0.29, 0.717) is 23.1 Å². The first kappa shape index (κ1) is 30.9. The Morgan fingerprint density at radius 3 is 2.46 bits per heavy atom. The van der Waals surface area contributed by atoms with Gasteiger partial charge in [0.2, 0.25) is 0 Å². The van der Waals surface area contributed by atoms with Crippen LogP contribution in [0.1, 0.15) is 45.5 Å². The Hall–Kier alpha value is -5.08. The first-order valence-corrected chi connectivity index (χ1v) is 15.9. The van der Waals surface area contributed by atoms with E-state index in [1.54, 1.807) is 22.8 Å². The standard InChI is InChI=1S/C32H26BrN7O5S/c1-20-4-6-22(7-5-20)27-17-26(21-8-10-23(33)11-9-21)37-39(27)30(41)19-46-32-36-35-29(18-34-31(42)28-3-2-16-45-28)38(32)24-12-14-25(15-13-24)40(43)44/h2-16,27H,17-19H2,1H3,(H,34,42). The van der Waals surface area contributed by atoms with Crippen molar-refractivity contribution < 1.29 is 18.9 Å². The number of nitro groups is 1. The van der Waals surface area contributed by atoms with E-state index in [1.165, 1.54) is 29.5 Å². The molecule has 6 rings (SSSR count). The summed E-state index contributed by atoms with van der Waals surface area (Å²) < 4.78 is 7.77. The molecule has 46 heavy (non-hydrogen) atoms. The van der Waals surface area contributed by atoms with Gasteiger partial charge in [-0.25, -0.2) is 5.01 Å². The molecule has 14 heteroatoms. The number of furan rings is 1. The Morgan fingerprint density at radius 2 is 1.78 bits per heavy atom. The second-order valence-corrected chi connectivity index (χ2v) is 12.2. The number of aromatic nitrogens is 3. The fourth-order valence-corrected chi connectivity index (χ4v) is 6.03. The van der Waals surface area contributed by atoms with Crippen LogP contribution in [0.2, 0.25) is 0 Å². The minimum absolute atomic E-state index is 0.0106. The fourth-order valence-electron chi connectivity index (χ4n) is 4.94. The van der Waals surface area contributed by atoms with Crippen LogP contribution in [0, 0.1) is 17.0 Å². The Labute approximate surface area is 275 Å². The lowest BCUT2D eigenvalue weighted by Crippen LogP contribution is -2.28. The van der Waals surface area contributed by atoms with Crippen molar-refractivity contribution in [2.24, 2.45) is 5.10 Å². The number of nitrogens with zero attached hydrogens (tertiary/aromatic N) is 6. The van der Waals surface area contributed by atoms with E-state index >= 15 is 0 Å². The molecule has 0 spiro atoms. The van der Waals surface area contributed by atoms with Gasteiger partial charge in [-0.05, 0) is 54.4 Å². The first-order chi connectivity index (χ1) is 22.3. The van der Waals surface area contributed by atoms with Gasteiger partial charge in [0.05, 0.1) is 35.2 Å². The third-order valence-electron chi connectivity index (χ3n) is 7.30. The van der Waals surface area contributed by atoms with Crippen LogP contribution < -0.4 is 5.32 Å². The number of halogens is 1. The monoisotopic (exact) mass is 699 g/mol. The summed E-state index contributed by atoms with van der Waals surface area (Å²) in [6.45, 7) is 2.00. The quantitative estimate of drug-likeness (QED) is 0.102. The smallest absolute Gasteiger partial charge is 0.287 e. The van der Waals surface area contributed by atoms with Crippen molar-refractivity contribution >= 4 is 50.9 Å². The van der Waals surface area contributed by atoms with Crippen LogP contribution in [0.5, 0.6) is 0 Å². The van der Waals surface area contributed by atoms with Crippen LogP contribution in [0.3, 0.4) is 0 Å². The number of hydrogen-bond donors (Lipinski definition) is 1. The van der Waals surface area contributed by atoms with Gasteiger partial charge in [0, 0.05) is 28.7 Å². The first-order valence-electron chi connectivity index (χ1n) is 14.1. The molecular formula is C32H26BrN7O5S. The molecule has 1 N–H and O–H groups in total. The molecule has 0 fully saturated rings. The lowest BCUT2D eigenvalue weighted by atomic mass is 9.98. The number of carbonyl (C=O) groups excluding carboxylic acids is 2. The zero-order valence-corrected chi connectivity index (χ0v) is 26.8. The average Bonchev–Trinajstić information content (AvgIpc) is 3.84. The molecule has 2 amide bonds. The summed E-state index contributed by atoms with van der Waals surface area (Å²) in [7, 11) is 0. The number of hydrazone groups is 1. The molecule has 5 aromatic rings. The Bertz CT molecular complexity index is 1910. The van der Waals surface area contributed by atoms with E-state index in [2.05, 4.69) is 31.4 Å². The van der Waals surface area contributed by atoms with Crippen LogP contribution >= 0.6 is 27.7 Å². The Balaban J connectivity index is 1.26. The van der Waals surface area contributed by atoms with Gasteiger partial charge in [-0.3, -0.25) is 24.3 Å². The van der Waals surface area contributed by atoms with Crippen molar-refractivity contribution in [3.05, 3.63) is 134 Å². The molecule has 0 bridgehead atoms. The summed E-state index contributed by atoms with van der Waals surface area (Å²) in [6.07, 6.45) is 1.95. The average molecular weight is 701 g/mol. The van der Waals surface area contributed by atoms with Crippen molar-refractivity contribution in [1.29, 1.82) is 0 Å². The molecule has 2 aromatic heterocycles. The summed E-state index contributed by atoms with van der Waals surface area (Å²) in [5, 5.41) is 29.2. The second kappa shape index (κ2) is 13.5. The molecule has 1 aliphatic heterocycles. The van der Waals surface area contributed by atoms with Crippen molar-refractivity contribution in [2.75, 3.05) is 5.75 Å². The van der Waals surface area contributed by atoms with Crippen LogP contribution in [0.25, 0.3) is 5.69 Å². The highest BCUT2D eigenvalue weighted by atomic mass is 79.9. The van der Waals surface area contributed by atoms with E-state index in [9.17, 15) is 19.7 Å². The highest BCUT2D eigenvalue weighted by Crippen LogP contribution is 2.34. The number of carbonyl (C=O) groups is 2. The molecule has 0 saturated carbocycles. The number of aryl methyl sites for hydroxylation is 1. The van der Waals surface area contributed by atoms with Crippen molar-refractivity contribution in [3.8, 4) is 5.69 Å². The number of hydrogen-bond acceptors (Lipinski definition) is 9. The number of thioether (sulfide) groups is 1. The van der Waals surface area contributed by atoms with Gasteiger partial charge in [-0.2, -0.15) is 5.10 Å². The normalized spacial score (nSPS) is 14.3. The number of nitro benzene ring substituents is 1. The van der Waals surface area contributed by atoms with Gasteiger partial charge < -0.3 is 9.73 Å². The predicted octanol–water partition coefficient (Wildman–Crippen LogP) is 6.24. The van der Waals surface area contributed by atoms with E-state index in [1.807, 2.05) is 55.5 Å². The number of rotatable bonds is 10.